The van der Waals surface area contributed by atoms with E-state index >= 15 is 0 Å². The van der Waals surface area contributed by atoms with Crippen molar-refractivity contribution in [1.29, 1.82) is 0 Å². The zero-order valence-corrected chi connectivity index (χ0v) is 8.95. The molecule has 1 amide bonds. The predicted octanol–water partition coefficient (Wildman–Crippen LogP) is 1.66. The van der Waals surface area contributed by atoms with E-state index in [2.05, 4.69) is 29.6 Å². The van der Waals surface area contributed by atoms with Crippen molar-refractivity contribution in [1.82, 2.24) is 5.43 Å². The van der Waals surface area contributed by atoms with Crippen LogP contribution in [0.3, 0.4) is 0 Å². The molecule has 3 heteroatoms. The predicted molar refractivity (Wildman–Crippen MR) is 59.6 cm³/mol. The van der Waals surface area contributed by atoms with Gasteiger partial charge >= 0.3 is 0 Å². The minimum Gasteiger partial charge on any atom is -0.272 e. The van der Waals surface area contributed by atoms with Gasteiger partial charge in [-0.15, -0.1) is 0 Å². The van der Waals surface area contributed by atoms with E-state index in [4.69, 9.17) is 0 Å². The number of rotatable bonds is 2. The number of hydrogen-bond donors (Lipinski definition) is 1. The number of benzene rings is 1. The summed E-state index contributed by atoms with van der Waals surface area (Å²) >= 11 is 0. The first kappa shape index (κ1) is 9.90. The molecule has 78 valence electrons. The smallest absolute Gasteiger partial charge is 0.249 e. The lowest BCUT2D eigenvalue weighted by atomic mass is 9.93. The third kappa shape index (κ3) is 1.91. The van der Waals surface area contributed by atoms with Gasteiger partial charge in [0.1, 0.15) is 0 Å². The van der Waals surface area contributed by atoms with E-state index in [0.717, 1.165) is 12.1 Å². The van der Waals surface area contributed by atoms with Crippen molar-refractivity contribution in [3.8, 4) is 0 Å². The van der Waals surface area contributed by atoms with Gasteiger partial charge in [0, 0.05) is 5.71 Å². The largest absolute Gasteiger partial charge is 0.272 e. The van der Waals surface area contributed by atoms with Crippen molar-refractivity contribution in [3.05, 3.63) is 35.4 Å². The fraction of sp³-hybridized carbons (Fsp3) is 0.333. The van der Waals surface area contributed by atoms with E-state index < -0.39 is 0 Å². The molecule has 0 radical (unpaired) electrons. The lowest BCUT2D eigenvalue weighted by molar-refractivity contribution is -0.122. The van der Waals surface area contributed by atoms with Crippen LogP contribution in [0.1, 0.15) is 18.1 Å². The summed E-state index contributed by atoms with van der Waals surface area (Å²) < 4.78 is 0. The first-order valence-corrected chi connectivity index (χ1v) is 5.07. The van der Waals surface area contributed by atoms with Crippen molar-refractivity contribution >= 4 is 11.6 Å². The van der Waals surface area contributed by atoms with E-state index in [1.807, 2.05) is 19.1 Å². The highest BCUT2D eigenvalue weighted by Gasteiger charge is 2.27. The van der Waals surface area contributed by atoms with Gasteiger partial charge in [0.25, 0.3) is 0 Å². The first-order valence-electron chi connectivity index (χ1n) is 5.07. The van der Waals surface area contributed by atoms with E-state index in [0.29, 0.717) is 0 Å². The van der Waals surface area contributed by atoms with Crippen molar-refractivity contribution in [2.24, 2.45) is 11.0 Å². The minimum atomic E-state index is -0.0916. The normalized spacial score (nSPS) is 20.0. The quantitative estimate of drug-likeness (QED) is 0.778. The summed E-state index contributed by atoms with van der Waals surface area (Å²) in [4.78, 5) is 11.5. The number of hydrogen-bond acceptors (Lipinski definition) is 2. The fourth-order valence-corrected chi connectivity index (χ4v) is 1.79. The standard InChI is InChI=1S/C12H14N2O/c1-8-5-3-4-6-10(8)7-11-9(2)13-14-12(11)15/h3-6,11H,7H2,1-2H3,(H,14,15)/t11-/m0/s1. The summed E-state index contributed by atoms with van der Waals surface area (Å²) in [5, 5.41) is 3.94. The second kappa shape index (κ2) is 3.85. The molecule has 1 N–H and O–H groups in total. The monoisotopic (exact) mass is 202 g/mol. The third-order valence-electron chi connectivity index (χ3n) is 2.85. The van der Waals surface area contributed by atoms with Gasteiger partial charge < -0.3 is 0 Å². The van der Waals surface area contributed by atoms with Crippen LogP contribution >= 0.6 is 0 Å². The average molecular weight is 202 g/mol. The molecule has 0 spiro atoms. The Balaban J connectivity index is 2.19. The molecule has 15 heavy (non-hydrogen) atoms. The summed E-state index contributed by atoms with van der Waals surface area (Å²) in [7, 11) is 0. The Morgan fingerprint density at radius 1 is 1.33 bits per heavy atom. The van der Waals surface area contributed by atoms with Crippen LogP contribution in [0.2, 0.25) is 0 Å². The molecule has 1 heterocycles. The maximum absolute atomic E-state index is 11.5. The highest BCUT2D eigenvalue weighted by Crippen LogP contribution is 2.17. The number of carbonyl (C=O) groups is 1. The molecule has 0 fully saturated rings. The van der Waals surface area contributed by atoms with Crippen molar-refractivity contribution in [2.75, 3.05) is 0 Å². The molecule has 1 aromatic carbocycles. The lowest BCUT2D eigenvalue weighted by Crippen LogP contribution is -2.24. The number of amides is 1. The molecule has 1 aliphatic rings. The average Bonchev–Trinajstić information content (AvgIpc) is 2.53. The SMILES string of the molecule is CC1=NNC(=O)[C@H]1Cc1ccccc1C. The van der Waals surface area contributed by atoms with Crippen LogP contribution in [-0.2, 0) is 11.2 Å². The van der Waals surface area contributed by atoms with Gasteiger partial charge in [-0.2, -0.15) is 5.10 Å². The van der Waals surface area contributed by atoms with Gasteiger partial charge in [0.05, 0.1) is 5.92 Å². The van der Waals surface area contributed by atoms with E-state index in [1.165, 1.54) is 11.1 Å². The van der Waals surface area contributed by atoms with E-state index in [9.17, 15) is 4.79 Å². The maximum atomic E-state index is 11.5. The molecule has 1 aromatic rings. The molecule has 0 aliphatic carbocycles. The van der Waals surface area contributed by atoms with Gasteiger partial charge in [0.2, 0.25) is 5.91 Å². The zero-order valence-electron chi connectivity index (χ0n) is 8.95. The first-order chi connectivity index (χ1) is 7.18. The number of carbonyl (C=O) groups excluding carboxylic acids is 1. The second-order valence-electron chi connectivity index (χ2n) is 3.91. The second-order valence-corrected chi connectivity index (χ2v) is 3.91. The molecule has 0 unspecified atom stereocenters. The Hall–Kier alpha value is -1.64. The van der Waals surface area contributed by atoms with Crippen molar-refractivity contribution < 1.29 is 4.79 Å². The van der Waals surface area contributed by atoms with Crippen LogP contribution in [0.5, 0.6) is 0 Å². The van der Waals surface area contributed by atoms with Crippen LogP contribution < -0.4 is 5.43 Å². The number of aryl methyl sites for hydroxylation is 1. The molecular formula is C12H14N2O. The molecule has 1 aliphatic heterocycles. The van der Waals surface area contributed by atoms with Gasteiger partial charge in [-0.05, 0) is 31.4 Å². The number of nitrogens with one attached hydrogen (secondary N) is 1. The van der Waals surface area contributed by atoms with Crippen LogP contribution in [0.4, 0.5) is 0 Å². The fourth-order valence-electron chi connectivity index (χ4n) is 1.79. The summed E-state index contributed by atoms with van der Waals surface area (Å²) in [6.45, 7) is 3.95. The highest BCUT2D eigenvalue weighted by molar-refractivity contribution is 6.07. The molecule has 0 aromatic heterocycles. The summed E-state index contributed by atoms with van der Waals surface area (Å²) in [6, 6.07) is 8.14. The third-order valence-corrected chi connectivity index (χ3v) is 2.85. The van der Waals surface area contributed by atoms with Crippen LogP contribution in [0.25, 0.3) is 0 Å². The van der Waals surface area contributed by atoms with Gasteiger partial charge in [-0.1, -0.05) is 24.3 Å². The lowest BCUT2D eigenvalue weighted by Gasteiger charge is -2.09. The van der Waals surface area contributed by atoms with Gasteiger partial charge in [0.15, 0.2) is 0 Å². The number of nitrogens with zero attached hydrogens (tertiary/aromatic N) is 1. The molecule has 2 rings (SSSR count). The Labute approximate surface area is 89.2 Å². The number of hydrazone groups is 1. The molecular weight excluding hydrogens is 188 g/mol. The van der Waals surface area contributed by atoms with Crippen molar-refractivity contribution in [3.63, 3.8) is 0 Å². The Kier molecular flexibility index (Phi) is 2.54. The summed E-state index contributed by atoms with van der Waals surface area (Å²) in [5.41, 5.74) is 5.83. The van der Waals surface area contributed by atoms with Crippen LogP contribution in [0, 0.1) is 12.8 Å². The van der Waals surface area contributed by atoms with E-state index in [1.54, 1.807) is 0 Å². The molecule has 0 saturated carbocycles. The van der Waals surface area contributed by atoms with Gasteiger partial charge in [-0.25, -0.2) is 5.43 Å². The Morgan fingerprint density at radius 2 is 2.07 bits per heavy atom. The molecule has 0 saturated heterocycles. The van der Waals surface area contributed by atoms with Gasteiger partial charge in [-0.3, -0.25) is 4.79 Å². The van der Waals surface area contributed by atoms with E-state index in [-0.39, 0.29) is 11.8 Å². The Morgan fingerprint density at radius 3 is 2.67 bits per heavy atom. The summed E-state index contributed by atoms with van der Waals surface area (Å²) in [5.74, 6) is -0.0816. The topological polar surface area (TPSA) is 41.5 Å². The summed E-state index contributed by atoms with van der Waals surface area (Å²) in [6.07, 6.45) is 0.744. The molecule has 0 bridgehead atoms. The molecule has 1 atom stereocenters. The van der Waals surface area contributed by atoms with Crippen LogP contribution in [-0.4, -0.2) is 11.6 Å². The maximum Gasteiger partial charge on any atom is 0.249 e. The van der Waals surface area contributed by atoms with Crippen molar-refractivity contribution in [2.45, 2.75) is 20.3 Å². The minimum absolute atomic E-state index is 0.00996. The zero-order chi connectivity index (χ0) is 10.8. The molecule has 3 nitrogen and oxygen atoms in total. The highest BCUT2D eigenvalue weighted by atomic mass is 16.2. The van der Waals surface area contributed by atoms with Crippen LogP contribution in [0.15, 0.2) is 29.4 Å². The Bertz CT molecular complexity index is 423.